The minimum atomic E-state index is -0.403. The van der Waals surface area contributed by atoms with E-state index in [-0.39, 0.29) is 17.9 Å². The highest BCUT2D eigenvalue weighted by atomic mass is 35.5. The number of aromatic nitrogens is 1. The van der Waals surface area contributed by atoms with Gasteiger partial charge in [0.2, 0.25) is 5.91 Å². The Morgan fingerprint density at radius 3 is 2.33 bits per heavy atom. The number of fused-ring (bicyclic) bond motifs is 2. The van der Waals surface area contributed by atoms with Gasteiger partial charge in [-0.15, -0.1) is 0 Å². The first-order chi connectivity index (χ1) is 16.0. The van der Waals surface area contributed by atoms with Crippen molar-refractivity contribution >= 4 is 29.2 Å². The normalized spacial score (nSPS) is 27.2. The van der Waals surface area contributed by atoms with Gasteiger partial charge < -0.3 is 15.5 Å². The first-order valence-corrected chi connectivity index (χ1v) is 12.5. The van der Waals surface area contributed by atoms with Gasteiger partial charge in [-0.2, -0.15) is 0 Å². The van der Waals surface area contributed by atoms with Gasteiger partial charge in [0.05, 0.1) is 11.0 Å². The lowest BCUT2D eigenvalue weighted by molar-refractivity contribution is -0.124. The molecule has 0 radical (unpaired) electrons. The van der Waals surface area contributed by atoms with Crippen LogP contribution in [0.1, 0.15) is 67.3 Å². The molecular weight excluding hydrogens is 436 g/mol. The molecule has 6 rings (SSSR count). The molecule has 2 aromatic rings. The zero-order chi connectivity index (χ0) is 22.6. The summed E-state index contributed by atoms with van der Waals surface area (Å²) in [5, 5.41) is 7.08. The van der Waals surface area contributed by atoms with E-state index in [2.05, 4.69) is 20.5 Å². The number of piperidine rings is 1. The molecule has 1 aromatic heterocycles. The quantitative estimate of drug-likeness (QED) is 0.678. The highest BCUT2D eigenvalue weighted by molar-refractivity contribution is 6.30. The van der Waals surface area contributed by atoms with E-state index in [0.717, 1.165) is 62.7 Å². The Hall–Kier alpha value is -2.60. The van der Waals surface area contributed by atoms with Crippen LogP contribution in [0.25, 0.3) is 0 Å². The third-order valence-corrected chi connectivity index (χ3v) is 8.05. The Labute approximate surface area is 199 Å². The summed E-state index contributed by atoms with van der Waals surface area (Å²) in [6.45, 7) is 0. The molecule has 4 fully saturated rings. The molecule has 2 unspecified atom stereocenters. The van der Waals surface area contributed by atoms with E-state index in [1.165, 1.54) is 0 Å². The minimum Gasteiger partial charge on any atom is -0.352 e. The summed E-state index contributed by atoms with van der Waals surface area (Å²) in [6.07, 6.45) is 9.70. The predicted molar refractivity (Wildman–Crippen MR) is 128 cm³/mol. The van der Waals surface area contributed by atoms with E-state index in [4.69, 9.17) is 11.6 Å². The summed E-state index contributed by atoms with van der Waals surface area (Å²) in [6, 6.07) is 12.9. The molecule has 6 nitrogen and oxygen atoms in total. The largest absolute Gasteiger partial charge is 0.352 e. The maximum Gasteiger partial charge on any atom is 0.253 e. The summed E-state index contributed by atoms with van der Waals surface area (Å²) in [7, 11) is 0. The van der Waals surface area contributed by atoms with Gasteiger partial charge in [0, 0.05) is 35.4 Å². The van der Waals surface area contributed by atoms with Crippen molar-refractivity contribution in [3.05, 3.63) is 58.7 Å². The molecule has 2 atom stereocenters. The second kappa shape index (κ2) is 8.01. The predicted octanol–water partition coefficient (Wildman–Crippen LogP) is 3.98. The average molecular weight is 465 g/mol. The fourth-order valence-electron chi connectivity index (χ4n) is 5.72. The van der Waals surface area contributed by atoms with Crippen molar-refractivity contribution in [2.75, 3.05) is 4.90 Å². The standard InChI is InChI=1S/C26H29ClN4O2/c27-18-3-1-2-17(12-18)26(10-11-26)25(33)30-20-13-21-7-8-22(14-20)31(21)23-9-4-16(15-28-23)24(32)29-19-5-6-19/h1-4,9,12,15,19-22H,5-8,10-11,13-14H2,(H,29,32)(H,30,33). The molecule has 2 saturated carbocycles. The molecule has 4 aliphatic rings. The SMILES string of the molecule is O=C(NC1CC1)c1ccc(N2C3CCC2CC(NC(=O)C2(c4cccc(Cl)c4)CC2)C3)nc1. The van der Waals surface area contributed by atoms with Crippen molar-refractivity contribution in [3.63, 3.8) is 0 Å². The first kappa shape index (κ1) is 21.0. The third-order valence-electron chi connectivity index (χ3n) is 7.82. The van der Waals surface area contributed by atoms with Gasteiger partial charge >= 0.3 is 0 Å². The number of nitrogens with zero attached hydrogens (tertiary/aromatic N) is 2. The lowest BCUT2D eigenvalue weighted by atomic mass is 9.92. The van der Waals surface area contributed by atoms with Crippen LogP contribution in [-0.2, 0) is 10.2 Å². The number of benzene rings is 1. The number of amides is 2. The number of carbonyl (C=O) groups is 2. The monoisotopic (exact) mass is 464 g/mol. The fraction of sp³-hybridized carbons (Fsp3) is 0.500. The van der Waals surface area contributed by atoms with Gasteiger partial charge in [-0.25, -0.2) is 4.98 Å². The molecular formula is C26H29ClN4O2. The van der Waals surface area contributed by atoms with Gasteiger partial charge in [-0.3, -0.25) is 9.59 Å². The van der Waals surface area contributed by atoms with Crippen LogP contribution in [0.4, 0.5) is 5.82 Å². The summed E-state index contributed by atoms with van der Waals surface area (Å²) in [5.41, 5.74) is 1.25. The van der Waals surface area contributed by atoms with Crippen molar-refractivity contribution in [1.82, 2.24) is 15.6 Å². The van der Waals surface area contributed by atoms with Crippen LogP contribution in [0.5, 0.6) is 0 Å². The van der Waals surface area contributed by atoms with E-state index >= 15 is 0 Å². The molecule has 7 heteroatoms. The molecule has 2 aliphatic heterocycles. The molecule has 172 valence electrons. The maximum absolute atomic E-state index is 13.3. The van der Waals surface area contributed by atoms with Gasteiger partial charge in [0.15, 0.2) is 0 Å². The van der Waals surface area contributed by atoms with Crippen LogP contribution in [-0.4, -0.2) is 41.0 Å². The Balaban J connectivity index is 1.11. The Kier molecular flexibility index (Phi) is 5.09. The van der Waals surface area contributed by atoms with Gasteiger partial charge in [0.1, 0.15) is 5.82 Å². The smallest absolute Gasteiger partial charge is 0.253 e. The van der Waals surface area contributed by atoms with Crippen molar-refractivity contribution in [2.45, 2.75) is 80.9 Å². The van der Waals surface area contributed by atoms with Crippen molar-refractivity contribution in [2.24, 2.45) is 0 Å². The van der Waals surface area contributed by atoms with Crippen LogP contribution in [0, 0.1) is 0 Å². The van der Waals surface area contributed by atoms with E-state index in [9.17, 15) is 9.59 Å². The molecule has 33 heavy (non-hydrogen) atoms. The molecule has 2 aliphatic carbocycles. The number of carbonyl (C=O) groups excluding carboxylic acids is 2. The van der Waals surface area contributed by atoms with Crippen molar-refractivity contribution in [1.29, 1.82) is 0 Å². The zero-order valence-electron chi connectivity index (χ0n) is 18.6. The molecule has 0 spiro atoms. The number of anilines is 1. The van der Waals surface area contributed by atoms with Crippen LogP contribution in [0.2, 0.25) is 5.02 Å². The topological polar surface area (TPSA) is 74.3 Å². The second-order valence-electron chi connectivity index (χ2n) is 10.2. The zero-order valence-corrected chi connectivity index (χ0v) is 19.4. The molecule has 2 bridgehead atoms. The number of hydrogen-bond donors (Lipinski definition) is 2. The number of halogens is 1. The van der Waals surface area contributed by atoms with E-state index in [0.29, 0.717) is 28.7 Å². The Morgan fingerprint density at radius 2 is 1.73 bits per heavy atom. The minimum absolute atomic E-state index is 0.0327. The number of pyridine rings is 1. The number of rotatable bonds is 6. The Bertz CT molecular complexity index is 1070. The lowest BCUT2D eigenvalue weighted by Gasteiger charge is -2.40. The first-order valence-electron chi connectivity index (χ1n) is 12.1. The van der Waals surface area contributed by atoms with Crippen molar-refractivity contribution in [3.8, 4) is 0 Å². The second-order valence-corrected chi connectivity index (χ2v) is 10.6. The Morgan fingerprint density at radius 1 is 0.970 bits per heavy atom. The van der Waals surface area contributed by atoms with E-state index in [1.54, 1.807) is 6.20 Å². The highest BCUT2D eigenvalue weighted by Gasteiger charge is 2.52. The summed E-state index contributed by atoms with van der Waals surface area (Å²) in [5.74, 6) is 1.05. The van der Waals surface area contributed by atoms with Gasteiger partial charge in [-0.1, -0.05) is 23.7 Å². The summed E-state index contributed by atoms with van der Waals surface area (Å²) >= 11 is 6.18. The summed E-state index contributed by atoms with van der Waals surface area (Å²) < 4.78 is 0. The van der Waals surface area contributed by atoms with Crippen LogP contribution in [0.15, 0.2) is 42.6 Å². The summed E-state index contributed by atoms with van der Waals surface area (Å²) in [4.78, 5) is 32.6. The van der Waals surface area contributed by atoms with E-state index < -0.39 is 5.41 Å². The van der Waals surface area contributed by atoms with Crippen LogP contribution in [0.3, 0.4) is 0 Å². The molecule has 2 amide bonds. The van der Waals surface area contributed by atoms with E-state index in [1.807, 2.05) is 36.4 Å². The molecule has 1 aromatic carbocycles. The maximum atomic E-state index is 13.3. The van der Waals surface area contributed by atoms with Crippen molar-refractivity contribution < 1.29 is 9.59 Å². The highest BCUT2D eigenvalue weighted by Crippen LogP contribution is 2.49. The fourth-order valence-corrected chi connectivity index (χ4v) is 5.91. The lowest BCUT2D eigenvalue weighted by Crippen LogP contribution is -2.52. The third kappa shape index (κ3) is 3.99. The van der Waals surface area contributed by atoms with Gasteiger partial charge in [-0.05, 0) is 81.2 Å². The molecule has 2 N–H and O–H groups in total. The van der Waals surface area contributed by atoms with Crippen LogP contribution >= 0.6 is 11.6 Å². The number of hydrogen-bond acceptors (Lipinski definition) is 4. The average Bonchev–Trinajstić information content (AvgIpc) is 3.73. The molecule has 2 saturated heterocycles. The van der Waals surface area contributed by atoms with Gasteiger partial charge in [0.25, 0.3) is 5.91 Å². The number of nitrogens with one attached hydrogen (secondary N) is 2. The van der Waals surface area contributed by atoms with Crippen LogP contribution < -0.4 is 15.5 Å². The molecule has 3 heterocycles.